The van der Waals surface area contributed by atoms with Crippen molar-refractivity contribution in [2.45, 2.75) is 32.6 Å². The molecule has 164 valence electrons. The molecule has 32 heavy (non-hydrogen) atoms. The summed E-state index contributed by atoms with van der Waals surface area (Å²) in [6.07, 6.45) is 0.128. The summed E-state index contributed by atoms with van der Waals surface area (Å²) >= 11 is 6.20. The summed E-state index contributed by atoms with van der Waals surface area (Å²) in [5.74, 6) is -0.532. The zero-order valence-electron chi connectivity index (χ0n) is 18.5. The smallest absolute Gasteiger partial charge is 0.316 e. The Morgan fingerprint density at radius 3 is 2.31 bits per heavy atom. The van der Waals surface area contributed by atoms with Crippen LogP contribution in [0.25, 0.3) is 0 Å². The van der Waals surface area contributed by atoms with Crippen molar-refractivity contribution < 1.29 is 14.3 Å². The molecule has 1 aliphatic heterocycles. The Morgan fingerprint density at radius 2 is 1.66 bits per heavy atom. The number of benzene rings is 3. The van der Waals surface area contributed by atoms with E-state index in [1.165, 1.54) is 5.56 Å². The van der Waals surface area contributed by atoms with E-state index >= 15 is 0 Å². The van der Waals surface area contributed by atoms with Gasteiger partial charge in [-0.2, -0.15) is 0 Å². The highest BCUT2D eigenvalue weighted by atomic mass is 35.5. The second-order valence-electron chi connectivity index (χ2n) is 8.78. The van der Waals surface area contributed by atoms with Gasteiger partial charge >= 0.3 is 5.97 Å². The molecule has 1 amide bonds. The Morgan fingerprint density at radius 1 is 1.00 bits per heavy atom. The van der Waals surface area contributed by atoms with Gasteiger partial charge in [0.15, 0.2) is 0 Å². The van der Waals surface area contributed by atoms with Crippen molar-refractivity contribution in [3.63, 3.8) is 0 Å². The Hall–Kier alpha value is -3.11. The number of amides is 1. The first-order chi connectivity index (χ1) is 15.3. The maximum atomic E-state index is 12.7. The first-order valence-corrected chi connectivity index (χ1v) is 11.1. The van der Waals surface area contributed by atoms with E-state index in [0.717, 1.165) is 11.1 Å². The van der Waals surface area contributed by atoms with E-state index in [0.29, 0.717) is 16.5 Å². The molecule has 0 aliphatic carbocycles. The Balaban J connectivity index is 1.43. The van der Waals surface area contributed by atoms with Crippen LogP contribution in [0.1, 0.15) is 37.0 Å². The van der Waals surface area contributed by atoms with E-state index < -0.39 is 11.9 Å². The lowest BCUT2D eigenvalue weighted by molar-refractivity contribution is -0.139. The highest BCUT2D eigenvalue weighted by molar-refractivity contribution is 6.31. The van der Waals surface area contributed by atoms with Crippen molar-refractivity contribution in [1.82, 2.24) is 0 Å². The molecule has 4 rings (SSSR count). The minimum absolute atomic E-state index is 0.105. The fraction of sp³-hybridized carbons (Fsp3) is 0.259. The molecule has 1 heterocycles. The summed E-state index contributed by atoms with van der Waals surface area (Å²) < 4.78 is 5.60. The molecule has 1 fully saturated rings. The second kappa shape index (κ2) is 8.79. The monoisotopic (exact) mass is 447 g/mol. The number of hydrogen-bond donors (Lipinski definition) is 0. The maximum Gasteiger partial charge on any atom is 0.316 e. The minimum Gasteiger partial charge on any atom is -0.426 e. The molecule has 3 aromatic carbocycles. The van der Waals surface area contributed by atoms with Crippen molar-refractivity contribution in [1.29, 1.82) is 0 Å². The molecular formula is C27H26ClNO3. The standard InChI is InChI=1S/C27H26ClNO3/c1-18-9-12-22(16-24(18)28)29-17-19(15-25(29)30)26(31)32-23-13-10-21(11-14-23)27(2,3)20-7-5-4-6-8-20/h4-14,16,19H,15,17H2,1-3H3/t19-/m0/s1. The molecule has 1 saturated heterocycles. The van der Waals surface area contributed by atoms with E-state index in [-0.39, 0.29) is 24.3 Å². The number of hydrogen-bond acceptors (Lipinski definition) is 3. The average Bonchev–Trinajstić information content (AvgIpc) is 3.18. The van der Waals surface area contributed by atoms with Gasteiger partial charge in [0, 0.05) is 29.1 Å². The Labute approximate surface area is 193 Å². The van der Waals surface area contributed by atoms with Gasteiger partial charge in [0.25, 0.3) is 0 Å². The number of carbonyl (C=O) groups excluding carboxylic acids is 2. The molecule has 0 spiro atoms. The molecule has 0 aromatic heterocycles. The minimum atomic E-state index is -0.511. The van der Waals surface area contributed by atoms with Crippen LogP contribution in [0.3, 0.4) is 0 Å². The summed E-state index contributed by atoms with van der Waals surface area (Å²) in [5.41, 5.74) is 3.81. The zero-order valence-corrected chi connectivity index (χ0v) is 19.2. The SMILES string of the molecule is Cc1ccc(N2C[C@@H](C(=O)Oc3ccc(C(C)(C)c4ccccc4)cc3)CC2=O)cc1Cl. The summed E-state index contributed by atoms with van der Waals surface area (Å²) in [6, 6.07) is 23.4. The third-order valence-electron chi connectivity index (χ3n) is 6.22. The Kier molecular flexibility index (Phi) is 6.07. The number of nitrogens with zero attached hydrogens (tertiary/aromatic N) is 1. The number of halogens is 1. The van der Waals surface area contributed by atoms with Gasteiger partial charge in [0.2, 0.25) is 5.91 Å². The van der Waals surface area contributed by atoms with Crippen molar-refractivity contribution in [2.24, 2.45) is 5.92 Å². The Bertz CT molecular complexity index is 1140. The predicted molar refractivity (Wildman–Crippen MR) is 127 cm³/mol. The lowest BCUT2D eigenvalue weighted by Gasteiger charge is -2.26. The third-order valence-corrected chi connectivity index (χ3v) is 6.62. The van der Waals surface area contributed by atoms with Crippen molar-refractivity contribution in [2.75, 3.05) is 11.4 Å². The number of carbonyl (C=O) groups is 2. The van der Waals surface area contributed by atoms with Crippen molar-refractivity contribution in [3.05, 3.63) is 94.5 Å². The van der Waals surface area contributed by atoms with Gasteiger partial charge in [-0.1, -0.05) is 74.0 Å². The molecule has 1 atom stereocenters. The highest BCUT2D eigenvalue weighted by Gasteiger charge is 2.36. The van der Waals surface area contributed by atoms with Gasteiger partial charge in [-0.3, -0.25) is 9.59 Å². The molecule has 4 nitrogen and oxygen atoms in total. The van der Waals surface area contributed by atoms with Crippen LogP contribution in [0.2, 0.25) is 5.02 Å². The molecule has 0 N–H and O–H groups in total. The normalized spacial score (nSPS) is 16.3. The molecule has 0 bridgehead atoms. The van der Waals surface area contributed by atoms with E-state index in [1.807, 2.05) is 61.5 Å². The number of esters is 1. The lowest BCUT2D eigenvalue weighted by Crippen LogP contribution is -2.27. The van der Waals surface area contributed by atoms with Crippen LogP contribution in [-0.4, -0.2) is 18.4 Å². The maximum absolute atomic E-state index is 12.7. The largest absolute Gasteiger partial charge is 0.426 e. The third kappa shape index (κ3) is 4.42. The molecule has 0 unspecified atom stereocenters. The van der Waals surface area contributed by atoms with E-state index in [9.17, 15) is 9.59 Å². The second-order valence-corrected chi connectivity index (χ2v) is 9.18. The molecule has 1 aliphatic rings. The lowest BCUT2D eigenvalue weighted by atomic mass is 9.78. The fourth-order valence-corrected chi connectivity index (χ4v) is 4.20. The number of rotatable bonds is 5. The average molecular weight is 448 g/mol. The van der Waals surface area contributed by atoms with Gasteiger partial charge in [-0.15, -0.1) is 0 Å². The molecule has 3 aromatic rings. The first-order valence-electron chi connectivity index (χ1n) is 10.7. The van der Waals surface area contributed by atoms with Crippen LogP contribution in [0, 0.1) is 12.8 Å². The van der Waals surface area contributed by atoms with Crippen LogP contribution in [0.4, 0.5) is 5.69 Å². The molecule has 0 radical (unpaired) electrons. The van der Waals surface area contributed by atoms with Crippen LogP contribution in [-0.2, 0) is 15.0 Å². The van der Waals surface area contributed by atoms with Gasteiger partial charge in [-0.25, -0.2) is 0 Å². The van der Waals surface area contributed by atoms with Crippen molar-refractivity contribution in [3.8, 4) is 5.75 Å². The van der Waals surface area contributed by atoms with E-state index in [4.69, 9.17) is 16.3 Å². The van der Waals surface area contributed by atoms with Crippen molar-refractivity contribution >= 4 is 29.2 Å². The highest BCUT2D eigenvalue weighted by Crippen LogP contribution is 2.33. The van der Waals surface area contributed by atoms with Gasteiger partial charge < -0.3 is 9.64 Å². The van der Waals surface area contributed by atoms with E-state index in [2.05, 4.69) is 26.0 Å². The predicted octanol–water partition coefficient (Wildman–Crippen LogP) is 5.93. The first kappa shape index (κ1) is 22.1. The number of ether oxygens (including phenoxy) is 1. The summed E-state index contributed by atoms with van der Waals surface area (Å²) in [6.45, 7) is 6.53. The van der Waals surface area contributed by atoms with Crippen LogP contribution in [0.15, 0.2) is 72.8 Å². The van der Waals surface area contributed by atoms with Gasteiger partial charge in [0.1, 0.15) is 5.75 Å². The van der Waals surface area contributed by atoms with Crippen LogP contribution < -0.4 is 9.64 Å². The topological polar surface area (TPSA) is 46.6 Å². The van der Waals surface area contributed by atoms with Gasteiger partial charge in [0.05, 0.1) is 5.92 Å². The fourth-order valence-electron chi connectivity index (χ4n) is 4.03. The molecule has 0 saturated carbocycles. The van der Waals surface area contributed by atoms with Crippen LogP contribution in [0.5, 0.6) is 5.75 Å². The summed E-state index contributed by atoms with van der Waals surface area (Å²) in [7, 11) is 0. The summed E-state index contributed by atoms with van der Waals surface area (Å²) in [4.78, 5) is 26.8. The van der Waals surface area contributed by atoms with Gasteiger partial charge in [-0.05, 0) is 47.9 Å². The quantitative estimate of drug-likeness (QED) is 0.359. The molecular weight excluding hydrogens is 422 g/mol. The number of aryl methyl sites for hydroxylation is 1. The molecule has 5 heteroatoms. The number of anilines is 1. The summed E-state index contributed by atoms with van der Waals surface area (Å²) in [5, 5.41) is 0.597. The van der Waals surface area contributed by atoms with E-state index in [1.54, 1.807) is 11.0 Å². The zero-order chi connectivity index (χ0) is 22.9. The van der Waals surface area contributed by atoms with Crippen LogP contribution >= 0.6 is 11.6 Å².